The van der Waals surface area contributed by atoms with E-state index in [1.54, 1.807) is 0 Å². The monoisotopic (exact) mass is 445 g/mol. The average Bonchev–Trinajstić information content (AvgIpc) is 3.37. The molecule has 1 N–H and O–H groups in total. The first kappa shape index (κ1) is 20.2. The van der Waals surface area contributed by atoms with E-state index in [-0.39, 0.29) is 5.91 Å². The van der Waals surface area contributed by atoms with Crippen molar-refractivity contribution in [3.63, 3.8) is 0 Å². The van der Waals surface area contributed by atoms with Crippen molar-refractivity contribution in [2.75, 3.05) is 0 Å². The Hall–Kier alpha value is -2.70. The predicted octanol–water partition coefficient (Wildman–Crippen LogP) is 6.08. The summed E-state index contributed by atoms with van der Waals surface area (Å²) < 4.78 is 2.36. The Balaban J connectivity index is 1.53. The Morgan fingerprint density at radius 3 is 2.45 bits per heavy atom. The fourth-order valence-electron chi connectivity index (χ4n) is 4.34. The molecule has 0 spiro atoms. The Morgan fingerprint density at radius 2 is 1.77 bits per heavy atom. The highest BCUT2D eigenvalue weighted by atomic mass is 32.2. The van der Waals surface area contributed by atoms with Crippen LogP contribution in [0.3, 0.4) is 0 Å². The molecule has 1 aromatic heterocycles. The van der Waals surface area contributed by atoms with Gasteiger partial charge in [0.25, 0.3) is 5.91 Å². The second kappa shape index (κ2) is 8.81. The van der Waals surface area contributed by atoms with Crippen LogP contribution in [0.15, 0.2) is 65.7 Å². The molecular formula is C25H23N3OS2. The van der Waals surface area contributed by atoms with Gasteiger partial charge >= 0.3 is 0 Å². The molecule has 0 atom stereocenters. The van der Waals surface area contributed by atoms with Crippen molar-refractivity contribution in [2.24, 2.45) is 0 Å². The van der Waals surface area contributed by atoms with Crippen LogP contribution in [-0.4, -0.2) is 20.0 Å². The first-order chi connectivity index (χ1) is 15.2. The van der Waals surface area contributed by atoms with Gasteiger partial charge in [0.2, 0.25) is 0 Å². The Morgan fingerprint density at radius 1 is 1.03 bits per heavy atom. The Bertz CT molecular complexity index is 1140. The molecule has 1 saturated heterocycles. The Kier molecular flexibility index (Phi) is 5.74. The molecule has 6 heteroatoms. The lowest BCUT2D eigenvalue weighted by Gasteiger charge is -2.22. The normalized spacial score (nSPS) is 18.5. The third kappa shape index (κ3) is 4.36. The van der Waals surface area contributed by atoms with E-state index in [4.69, 9.17) is 17.3 Å². The van der Waals surface area contributed by atoms with Crippen LogP contribution in [-0.2, 0) is 4.79 Å². The van der Waals surface area contributed by atoms with E-state index < -0.39 is 0 Å². The number of thioether (sulfide) groups is 1. The van der Waals surface area contributed by atoms with Crippen LogP contribution >= 0.6 is 24.0 Å². The van der Waals surface area contributed by atoms with E-state index in [1.807, 2.05) is 47.3 Å². The van der Waals surface area contributed by atoms with Crippen LogP contribution < -0.4 is 5.32 Å². The number of carbonyl (C=O) groups is 1. The largest absolute Gasteiger partial charge is 0.307 e. The van der Waals surface area contributed by atoms with E-state index >= 15 is 0 Å². The van der Waals surface area contributed by atoms with Gasteiger partial charge in [-0.15, -0.1) is 0 Å². The summed E-state index contributed by atoms with van der Waals surface area (Å²) >= 11 is 6.44. The van der Waals surface area contributed by atoms with Crippen molar-refractivity contribution in [1.82, 2.24) is 15.1 Å². The van der Waals surface area contributed by atoms with E-state index in [9.17, 15) is 4.79 Å². The summed E-state index contributed by atoms with van der Waals surface area (Å²) in [7, 11) is 0. The van der Waals surface area contributed by atoms with Crippen LogP contribution in [0.4, 0.5) is 0 Å². The fraction of sp³-hybridized carbons (Fsp3) is 0.240. The molecule has 2 heterocycles. The molecule has 2 aromatic carbocycles. The highest BCUT2D eigenvalue weighted by Gasteiger charge is 2.23. The van der Waals surface area contributed by atoms with Gasteiger partial charge in [-0.2, -0.15) is 5.10 Å². The maximum atomic E-state index is 12.2. The molecule has 1 aliphatic heterocycles. The molecule has 5 rings (SSSR count). The molecule has 2 fully saturated rings. The first-order valence-electron chi connectivity index (χ1n) is 10.7. The summed E-state index contributed by atoms with van der Waals surface area (Å²) in [5.74, 6) is 0.520. The number of amides is 1. The van der Waals surface area contributed by atoms with Gasteiger partial charge in [0, 0.05) is 17.3 Å². The number of benzene rings is 2. The summed E-state index contributed by atoms with van der Waals surface area (Å²) in [5.41, 5.74) is 5.20. The van der Waals surface area contributed by atoms with Crippen LogP contribution in [0, 0.1) is 0 Å². The molecule has 3 aromatic rings. The number of carbonyl (C=O) groups excluding carboxylic acids is 1. The molecule has 2 aliphatic rings. The topological polar surface area (TPSA) is 46.9 Å². The maximum absolute atomic E-state index is 12.2. The van der Waals surface area contributed by atoms with Crippen LogP contribution in [0.25, 0.3) is 23.0 Å². The molecule has 1 aliphatic carbocycles. The van der Waals surface area contributed by atoms with Gasteiger partial charge in [-0.25, -0.2) is 4.68 Å². The number of hydrogen-bond donors (Lipinski definition) is 1. The van der Waals surface area contributed by atoms with Crippen LogP contribution in [0.1, 0.15) is 49.1 Å². The lowest BCUT2D eigenvalue weighted by Crippen LogP contribution is -2.17. The van der Waals surface area contributed by atoms with Gasteiger partial charge in [0.1, 0.15) is 4.32 Å². The number of para-hydroxylation sites is 1. The number of thiocarbonyl (C=S) groups is 1. The number of nitrogens with zero attached hydrogens (tertiary/aromatic N) is 2. The molecule has 1 amide bonds. The summed E-state index contributed by atoms with van der Waals surface area (Å²) in [6.07, 6.45) is 10.4. The van der Waals surface area contributed by atoms with Gasteiger partial charge < -0.3 is 5.32 Å². The van der Waals surface area contributed by atoms with Crippen molar-refractivity contribution in [3.8, 4) is 16.9 Å². The van der Waals surface area contributed by atoms with Gasteiger partial charge in [0.05, 0.1) is 16.3 Å². The molecule has 0 radical (unpaired) electrons. The highest BCUT2D eigenvalue weighted by molar-refractivity contribution is 8.26. The molecule has 156 valence electrons. The summed E-state index contributed by atoms with van der Waals surface area (Å²) in [6.45, 7) is 0. The second-order valence-electron chi connectivity index (χ2n) is 8.02. The van der Waals surface area contributed by atoms with E-state index in [0.29, 0.717) is 15.1 Å². The lowest BCUT2D eigenvalue weighted by atomic mass is 9.84. The quantitative estimate of drug-likeness (QED) is 0.391. The molecule has 0 unspecified atom stereocenters. The van der Waals surface area contributed by atoms with E-state index in [0.717, 1.165) is 22.5 Å². The SMILES string of the molecule is O=C1NC(=S)S/C1=C\c1cn(-c2ccccc2)nc1-c1ccc(C2CCCCC2)cc1. The van der Waals surface area contributed by atoms with E-state index in [1.165, 1.54) is 49.4 Å². The number of nitrogens with one attached hydrogen (secondary N) is 1. The minimum absolute atomic E-state index is 0.152. The van der Waals surface area contributed by atoms with Crippen molar-refractivity contribution >= 4 is 40.3 Å². The van der Waals surface area contributed by atoms with Gasteiger partial charge in [0.15, 0.2) is 0 Å². The fourth-order valence-corrected chi connectivity index (χ4v) is 5.38. The zero-order valence-corrected chi connectivity index (χ0v) is 18.7. The van der Waals surface area contributed by atoms with E-state index in [2.05, 4.69) is 29.6 Å². The first-order valence-corrected chi connectivity index (χ1v) is 11.9. The van der Waals surface area contributed by atoms with Crippen molar-refractivity contribution < 1.29 is 4.79 Å². The number of hydrogen-bond acceptors (Lipinski definition) is 4. The molecule has 0 bridgehead atoms. The lowest BCUT2D eigenvalue weighted by molar-refractivity contribution is -0.115. The molecule has 4 nitrogen and oxygen atoms in total. The maximum Gasteiger partial charge on any atom is 0.263 e. The van der Waals surface area contributed by atoms with Crippen molar-refractivity contribution in [3.05, 3.63) is 76.8 Å². The van der Waals surface area contributed by atoms with Gasteiger partial charge in [-0.1, -0.05) is 85.7 Å². The standard InChI is InChI=1S/C25H23N3OS2/c29-24-22(31-25(30)26-24)15-20-16-28(21-9-5-2-6-10-21)27-23(20)19-13-11-18(12-14-19)17-7-3-1-4-8-17/h2,5-6,9-17H,1,3-4,7-8H2,(H,26,29,30)/b22-15-. The molecular weight excluding hydrogens is 422 g/mol. The zero-order valence-electron chi connectivity index (χ0n) is 17.1. The van der Waals surface area contributed by atoms with Crippen molar-refractivity contribution in [1.29, 1.82) is 0 Å². The molecule has 31 heavy (non-hydrogen) atoms. The zero-order chi connectivity index (χ0) is 21.2. The summed E-state index contributed by atoms with van der Waals surface area (Å²) in [5, 5.41) is 7.57. The molecule has 1 saturated carbocycles. The second-order valence-corrected chi connectivity index (χ2v) is 9.74. The minimum atomic E-state index is -0.152. The van der Waals surface area contributed by atoms with Gasteiger partial charge in [-0.05, 0) is 42.5 Å². The van der Waals surface area contributed by atoms with Gasteiger partial charge in [-0.3, -0.25) is 4.79 Å². The third-order valence-corrected chi connectivity index (χ3v) is 7.12. The summed E-state index contributed by atoms with van der Waals surface area (Å²) in [6, 6.07) is 18.8. The predicted molar refractivity (Wildman–Crippen MR) is 131 cm³/mol. The average molecular weight is 446 g/mol. The smallest absolute Gasteiger partial charge is 0.263 e. The summed E-state index contributed by atoms with van der Waals surface area (Å²) in [4.78, 5) is 12.8. The Labute approximate surface area is 191 Å². The highest BCUT2D eigenvalue weighted by Crippen LogP contribution is 2.35. The number of aromatic nitrogens is 2. The van der Waals surface area contributed by atoms with Crippen molar-refractivity contribution in [2.45, 2.75) is 38.0 Å². The minimum Gasteiger partial charge on any atom is -0.307 e. The van der Waals surface area contributed by atoms with Crippen LogP contribution in [0.2, 0.25) is 0 Å². The van der Waals surface area contributed by atoms with Crippen LogP contribution in [0.5, 0.6) is 0 Å². The number of rotatable bonds is 4. The third-order valence-electron chi connectivity index (χ3n) is 5.95.